The lowest BCUT2D eigenvalue weighted by Crippen LogP contribution is -2.52. The molecule has 1 heterocycles. The van der Waals surface area contributed by atoms with Gasteiger partial charge in [0.1, 0.15) is 17.2 Å². The molecule has 6 rings (SSSR count). The van der Waals surface area contributed by atoms with Crippen LogP contribution in [0.4, 0.5) is 0 Å². The number of ether oxygens (including phenoxy) is 5. The van der Waals surface area contributed by atoms with Crippen LogP contribution >= 0.6 is 0 Å². The lowest BCUT2D eigenvalue weighted by Gasteiger charge is -2.49. The van der Waals surface area contributed by atoms with E-state index < -0.39 is 35.6 Å². The summed E-state index contributed by atoms with van der Waals surface area (Å²) in [5.74, 6) is -1.89. The number of aliphatic carboxylic acids is 1. The summed E-state index contributed by atoms with van der Waals surface area (Å²) < 4.78 is 28.0. The highest BCUT2D eigenvalue weighted by Gasteiger charge is 2.60. The average Bonchev–Trinajstić information content (AvgIpc) is 3.45. The van der Waals surface area contributed by atoms with E-state index in [2.05, 4.69) is 0 Å². The Bertz CT molecular complexity index is 1560. The minimum atomic E-state index is -1.01. The summed E-state index contributed by atoms with van der Waals surface area (Å²) in [6, 6.07) is 27.2. The van der Waals surface area contributed by atoms with Crippen molar-refractivity contribution >= 4 is 11.9 Å². The number of hydrogen-bond acceptors (Lipinski definition) is 7. The highest BCUT2D eigenvalue weighted by Crippen LogP contribution is 2.60. The number of carboxylic acid groups (broad SMARTS) is 1. The standard InChI is InChI=1S/C33H28O8/c1-37-24-12-5-3-10-22(24)28-30(32(34)35)29(23-11-4-6-13-25(23)38-2)31(28)33(36)41-21-9-7-8-19(16-21)20-14-15-26-27(17-20)40-18-39-26/h3-17,28-31H,18H2,1-2H3,(H,34,35)/t28-,29?,30-,31?/m1/s1. The molecule has 0 amide bonds. The van der Waals surface area contributed by atoms with Crippen molar-refractivity contribution in [3.63, 3.8) is 0 Å². The maximum Gasteiger partial charge on any atom is 0.315 e. The zero-order valence-electron chi connectivity index (χ0n) is 22.5. The first-order valence-corrected chi connectivity index (χ1v) is 13.2. The van der Waals surface area contributed by atoms with Crippen molar-refractivity contribution in [2.75, 3.05) is 21.0 Å². The Morgan fingerprint density at radius 3 is 1.95 bits per heavy atom. The molecular formula is C33H28O8. The Labute approximate surface area is 237 Å². The second-order valence-electron chi connectivity index (χ2n) is 9.94. The molecule has 2 unspecified atom stereocenters. The second-order valence-corrected chi connectivity index (χ2v) is 9.94. The predicted octanol–water partition coefficient (Wildman–Crippen LogP) is 5.90. The third-order valence-corrected chi connectivity index (χ3v) is 7.86. The molecule has 0 spiro atoms. The van der Waals surface area contributed by atoms with Gasteiger partial charge in [-0.3, -0.25) is 9.59 Å². The van der Waals surface area contributed by atoms with Crippen LogP contribution in [0.2, 0.25) is 0 Å². The Kier molecular flexibility index (Phi) is 6.97. The van der Waals surface area contributed by atoms with Gasteiger partial charge in [-0.2, -0.15) is 0 Å². The molecule has 1 saturated carbocycles. The summed E-state index contributed by atoms with van der Waals surface area (Å²) in [5, 5.41) is 10.4. The van der Waals surface area contributed by atoms with Gasteiger partial charge < -0.3 is 28.8 Å². The van der Waals surface area contributed by atoms with Gasteiger partial charge in [0.25, 0.3) is 0 Å². The molecule has 1 aliphatic carbocycles. The number of methoxy groups -OCH3 is 2. The summed E-state index contributed by atoms with van der Waals surface area (Å²) in [6.45, 7) is 0.176. The second kappa shape index (κ2) is 10.9. The molecule has 208 valence electrons. The van der Waals surface area contributed by atoms with Gasteiger partial charge >= 0.3 is 11.9 Å². The Hall–Kier alpha value is -4.98. The van der Waals surface area contributed by atoms with Crippen molar-refractivity contribution < 1.29 is 38.4 Å². The lowest BCUT2D eigenvalue weighted by atomic mass is 9.52. The molecule has 41 heavy (non-hydrogen) atoms. The third-order valence-electron chi connectivity index (χ3n) is 7.86. The number of hydrogen-bond donors (Lipinski definition) is 1. The van der Waals surface area contributed by atoms with Crippen LogP contribution in [-0.4, -0.2) is 38.1 Å². The van der Waals surface area contributed by atoms with Gasteiger partial charge in [0.15, 0.2) is 11.5 Å². The number of para-hydroxylation sites is 2. The van der Waals surface area contributed by atoms with E-state index >= 15 is 0 Å². The Morgan fingerprint density at radius 1 is 0.707 bits per heavy atom. The Morgan fingerprint density at radius 2 is 1.32 bits per heavy atom. The van der Waals surface area contributed by atoms with Gasteiger partial charge in [-0.25, -0.2) is 0 Å². The first-order chi connectivity index (χ1) is 20.0. The molecule has 4 aromatic carbocycles. The molecule has 0 radical (unpaired) electrons. The number of carboxylic acids is 1. The zero-order chi connectivity index (χ0) is 28.5. The summed E-state index contributed by atoms with van der Waals surface area (Å²) >= 11 is 0. The van der Waals surface area contributed by atoms with Crippen molar-refractivity contribution in [2.45, 2.75) is 11.8 Å². The largest absolute Gasteiger partial charge is 0.496 e. The number of rotatable bonds is 8. The van der Waals surface area contributed by atoms with E-state index in [1.54, 1.807) is 42.5 Å². The zero-order valence-corrected chi connectivity index (χ0v) is 22.5. The number of carbonyl (C=O) groups excluding carboxylic acids is 1. The van der Waals surface area contributed by atoms with Crippen LogP contribution in [0.25, 0.3) is 11.1 Å². The smallest absolute Gasteiger partial charge is 0.315 e. The van der Waals surface area contributed by atoms with Crippen molar-refractivity contribution in [3.05, 3.63) is 102 Å². The predicted molar refractivity (Wildman–Crippen MR) is 150 cm³/mol. The summed E-state index contributed by atoms with van der Waals surface area (Å²) in [4.78, 5) is 26.7. The van der Waals surface area contributed by atoms with Gasteiger partial charge in [0.2, 0.25) is 6.79 Å². The molecule has 1 fully saturated rings. The fraction of sp³-hybridized carbons (Fsp3) is 0.212. The summed E-state index contributed by atoms with van der Waals surface area (Å²) in [5.41, 5.74) is 2.99. The molecular weight excluding hydrogens is 524 g/mol. The molecule has 0 aromatic heterocycles. The van der Waals surface area contributed by atoms with Crippen molar-refractivity contribution in [3.8, 4) is 39.9 Å². The summed E-state index contributed by atoms with van der Waals surface area (Å²) in [6.07, 6.45) is 0. The first-order valence-electron chi connectivity index (χ1n) is 13.2. The highest BCUT2D eigenvalue weighted by atomic mass is 16.7. The van der Waals surface area contributed by atoms with E-state index in [-0.39, 0.29) is 6.79 Å². The number of esters is 1. The maximum absolute atomic E-state index is 14.0. The van der Waals surface area contributed by atoms with Crippen molar-refractivity contribution in [2.24, 2.45) is 11.8 Å². The molecule has 8 nitrogen and oxygen atoms in total. The maximum atomic E-state index is 14.0. The lowest BCUT2D eigenvalue weighted by molar-refractivity contribution is -0.158. The SMILES string of the molecule is COc1ccccc1C1C(C(=O)Oc2cccc(-c3ccc4c(c3)OCO4)c2)[C@H](c2ccccc2OC)[C@H]1C(=O)O. The van der Waals surface area contributed by atoms with Crippen LogP contribution < -0.4 is 23.7 Å². The molecule has 1 N–H and O–H groups in total. The monoisotopic (exact) mass is 552 g/mol. The van der Waals surface area contributed by atoms with Crippen LogP contribution in [0.5, 0.6) is 28.7 Å². The minimum Gasteiger partial charge on any atom is -0.496 e. The minimum absolute atomic E-state index is 0.176. The quantitative estimate of drug-likeness (QED) is 0.213. The topological polar surface area (TPSA) is 101 Å². The van der Waals surface area contributed by atoms with Gasteiger partial charge in [-0.15, -0.1) is 0 Å². The van der Waals surface area contributed by atoms with Crippen molar-refractivity contribution in [1.82, 2.24) is 0 Å². The Balaban J connectivity index is 1.37. The van der Waals surface area contributed by atoms with E-state index in [1.165, 1.54) is 14.2 Å². The van der Waals surface area contributed by atoms with Crippen LogP contribution in [0.15, 0.2) is 91.0 Å². The average molecular weight is 553 g/mol. The normalized spacial score (nSPS) is 20.5. The van der Waals surface area contributed by atoms with Gasteiger partial charge in [-0.1, -0.05) is 54.6 Å². The third kappa shape index (κ3) is 4.71. The van der Waals surface area contributed by atoms with Gasteiger partial charge in [0.05, 0.1) is 26.1 Å². The van der Waals surface area contributed by atoms with Gasteiger partial charge in [-0.05, 0) is 58.7 Å². The van der Waals surface area contributed by atoms with Crippen LogP contribution in [0, 0.1) is 11.8 Å². The van der Waals surface area contributed by atoms with E-state index in [4.69, 9.17) is 23.7 Å². The van der Waals surface area contributed by atoms with Gasteiger partial charge in [0, 0.05) is 11.8 Å². The number of fused-ring (bicyclic) bond motifs is 1. The van der Waals surface area contributed by atoms with E-state index in [0.29, 0.717) is 39.9 Å². The molecule has 4 aromatic rings. The number of carbonyl (C=O) groups is 2. The molecule has 4 atom stereocenters. The molecule has 2 aliphatic rings. The number of benzene rings is 4. The fourth-order valence-corrected chi connectivity index (χ4v) is 6.01. The van der Waals surface area contributed by atoms with Crippen LogP contribution in [-0.2, 0) is 9.59 Å². The first kappa shape index (κ1) is 26.3. The van der Waals surface area contributed by atoms with Crippen LogP contribution in [0.3, 0.4) is 0 Å². The summed E-state index contributed by atoms with van der Waals surface area (Å²) in [7, 11) is 3.06. The van der Waals surface area contributed by atoms with E-state index in [0.717, 1.165) is 11.1 Å². The molecule has 8 heteroatoms. The molecule has 0 saturated heterocycles. The fourth-order valence-electron chi connectivity index (χ4n) is 6.01. The highest BCUT2D eigenvalue weighted by molar-refractivity contribution is 5.86. The van der Waals surface area contributed by atoms with E-state index in [9.17, 15) is 14.7 Å². The molecule has 1 aliphatic heterocycles. The van der Waals surface area contributed by atoms with Crippen molar-refractivity contribution in [1.29, 1.82) is 0 Å². The molecule has 0 bridgehead atoms. The van der Waals surface area contributed by atoms with E-state index in [1.807, 2.05) is 48.5 Å². The van der Waals surface area contributed by atoms with Crippen LogP contribution in [0.1, 0.15) is 23.0 Å².